The number of rotatable bonds is 7. The van der Waals surface area contributed by atoms with Crippen molar-refractivity contribution in [3.8, 4) is 5.69 Å². The maximum Gasteiger partial charge on any atom is 0.352 e. The van der Waals surface area contributed by atoms with Gasteiger partial charge in [-0.15, -0.1) is 0 Å². The van der Waals surface area contributed by atoms with Gasteiger partial charge in [0.2, 0.25) is 0 Å². The van der Waals surface area contributed by atoms with Crippen molar-refractivity contribution in [2.45, 2.75) is 56.4 Å². The molecule has 0 spiro atoms. The first kappa shape index (κ1) is 26.7. The number of carbonyl (C=O) groups is 1. The number of nitrogens with one attached hydrogen (secondary N) is 1. The third-order valence-corrected chi connectivity index (χ3v) is 7.02. The average Bonchev–Trinajstić information content (AvgIpc) is 3.11. The fourth-order valence-corrected chi connectivity index (χ4v) is 4.74. The van der Waals surface area contributed by atoms with Crippen LogP contribution >= 0.6 is 11.6 Å². The summed E-state index contributed by atoms with van der Waals surface area (Å²) in [6.07, 6.45) is 6.06. The van der Waals surface area contributed by atoms with Crippen molar-refractivity contribution >= 4 is 17.5 Å². The number of hydrogen-bond donors (Lipinski definition) is 4. The summed E-state index contributed by atoms with van der Waals surface area (Å²) in [6, 6.07) is 12.6. The summed E-state index contributed by atoms with van der Waals surface area (Å²) in [7, 11) is 0. The Morgan fingerprint density at radius 1 is 1.11 bits per heavy atom. The highest BCUT2D eigenvalue weighted by Gasteiger charge is 2.29. The van der Waals surface area contributed by atoms with E-state index in [1.165, 1.54) is 18.2 Å². The summed E-state index contributed by atoms with van der Waals surface area (Å²) >= 11 is 6.28. The van der Waals surface area contributed by atoms with Crippen molar-refractivity contribution in [2.24, 2.45) is 5.73 Å². The van der Waals surface area contributed by atoms with Gasteiger partial charge in [-0.1, -0.05) is 67.6 Å². The summed E-state index contributed by atoms with van der Waals surface area (Å²) in [6.45, 7) is -0.430. The van der Waals surface area contributed by atoms with E-state index in [0.29, 0.717) is 18.4 Å². The predicted molar refractivity (Wildman–Crippen MR) is 139 cm³/mol. The van der Waals surface area contributed by atoms with Gasteiger partial charge >= 0.3 is 5.69 Å². The highest BCUT2D eigenvalue weighted by atomic mass is 35.5. The molecule has 11 heteroatoms. The van der Waals surface area contributed by atoms with Gasteiger partial charge in [-0.2, -0.15) is 9.78 Å². The van der Waals surface area contributed by atoms with Gasteiger partial charge in [-0.05, 0) is 36.6 Å². The Kier molecular flexibility index (Phi) is 7.93. The quantitative estimate of drug-likeness (QED) is 0.269. The molecule has 1 atom stereocenters. The molecule has 10 nitrogen and oxygen atoms in total. The van der Waals surface area contributed by atoms with E-state index in [2.05, 4.69) is 10.4 Å². The minimum Gasteiger partial charge on any atom is -0.388 e. The van der Waals surface area contributed by atoms with Crippen molar-refractivity contribution in [3.05, 3.63) is 91.7 Å². The van der Waals surface area contributed by atoms with Gasteiger partial charge in [-0.25, -0.2) is 4.79 Å². The number of benzene rings is 2. The Morgan fingerprint density at radius 2 is 1.78 bits per heavy atom. The first-order valence-electron chi connectivity index (χ1n) is 12.2. The zero-order valence-electron chi connectivity index (χ0n) is 20.3. The average molecular weight is 528 g/mol. The molecular weight excluding hydrogens is 498 g/mol. The zero-order chi connectivity index (χ0) is 26.6. The molecule has 0 unspecified atom stereocenters. The van der Waals surface area contributed by atoms with E-state index in [4.69, 9.17) is 17.3 Å². The van der Waals surface area contributed by atoms with E-state index in [9.17, 15) is 24.6 Å². The highest BCUT2D eigenvalue weighted by Crippen LogP contribution is 2.27. The molecule has 1 fully saturated rings. The van der Waals surface area contributed by atoms with Crippen LogP contribution in [0.3, 0.4) is 0 Å². The normalized spacial score (nSPS) is 17.0. The summed E-state index contributed by atoms with van der Waals surface area (Å²) in [5, 5.41) is 28.4. The second-order valence-corrected chi connectivity index (χ2v) is 9.95. The van der Waals surface area contributed by atoms with Crippen molar-refractivity contribution in [2.75, 3.05) is 6.54 Å². The molecule has 1 saturated carbocycles. The number of nitrogens with zero attached hydrogens (tertiary/aromatic N) is 3. The van der Waals surface area contributed by atoms with E-state index in [0.717, 1.165) is 41.1 Å². The minimum absolute atomic E-state index is 0.0856. The van der Waals surface area contributed by atoms with Gasteiger partial charge in [0.25, 0.3) is 11.5 Å². The van der Waals surface area contributed by atoms with Gasteiger partial charge in [-0.3, -0.25) is 19.9 Å². The van der Waals surface area contributed by atoms with E-state index in [1.54, 1.807) is 30.3 Å². The van der Waals surface area contributed by atoms with Gasteiger partial charge in [0, 0.05) is 6.54 Å². The summed E-state index contributed by atoms with van der Waals surface area (Å²) < 4.78 is 1.70. The van der Waals surface area contributed by atoms with Crippen molar-refractivity contribution in [1.29, 1.82) is 0 Å². The molecule has 1 aliphatic carbocycles. The van der Waals surface area contributed by atoms with Crippen molar-refractivity contribution in [1.82, 2.24) is 19.7 Å². The Hall–Kier alpha value is -3.31. The number of carbonyl (C=O) groups excluding carboxylic acids is 1. The highest BCUT2D eigenvalue weighted by molar-refractivity contribution is 6.33. The Bertz CT molecular complexity index is 1380. The van der Waals surface area contributed by atoms with Crippen LogP contribution in [-0.4, -0.2) is 42.6 Å². The van der Waals surface area contributed by atoms with Crippen molar-refractivity contribution < 1.29 is 15.0 Å². The predicted octanol–water partition coefficient (Wildman–Crippen LogP) is 1.67. The number of halogens is 1. The lowest BCUT2D eigenvalue weighted by Crippen LogP contribution is -2.49. The molecule has 0 radical (unpaired) electrons. The Morgan fingerprint density at radius 3 is 2.46 bits per heavy atom. The molecule has 4 rings (SSSR count). The fourth-order valence-electron chi connectivity index (χ4n) is 4.54. The second-order valence-electron chi connectivity index (χ2n) is 9.54. The number of aromatic nitrogens is 3. The second kappa shape index (κ2) is 11.0. The third-order valence-electron chi connectivity index (χ3n) is 6.69. The molecule has 1 aliphatic rings. The van der Waals surface area contributed by atoms with Crippen LogP contribution in [0.2, 0.25) is 5.02 Å². The zero-order valence-corrected chi connectivity index (χ0v) is 21.0. The molecule has 0 saturated heterocycles. The van der Waals surface area contributed by atoms with Crippen LogP contribution < -0.4 is 22.3 Å². The van der Waals surface area contributed by atoms with E-state index < -0.39 is 35.0 Å². The molecule has 37 heavy (non-hydrogen) atoms. The van der Waals surface area contributed by atoms with Gasteiger partial charge in [0.1, 0.15) is 6.20 Å². The lowest BCUT2D eigenvalue weighted by Gasteiger charge is -2.27. The largest absolute Gasteiger partial charge is 0.388 e. The van der Waals surface area contributed by atoms with Crippen LogP contribution in [-0.2, 0) is 12.3 Å². The van der Waals surface area contributed by atoms with Crippen molar-refractivity contribution in [3.63, 3.8) is 0 Å². The van der Waals surface area contributed by atoms with Crippen LogP contribution in [0, 0.1) is 0 Å². The lowest BCUT2D eigenvalue weighted by atomic mass is 9.94. The fraction of sp³-hybridized carbons (Fsp3) is 0.385. The Balaban J connectivity index is 1.60. The van der Waals surface area contributed by atoms with Gasteiger partial charge in [0.15, 0.2) is 5.72 Å². The SMILES string of the molecule is N[C@@](O)(Cn1c(=O)cnn(-c2ccc(Cl)c(C(=O)NCC3(O)CCCCCC3)c2)c1=O)c1ccccc1. The lowest BCUT2D eigenvalue weighted by molar-refractivity contribution is 0.0222. The maximum atomic E-state index is 13.2. The Labute approximate surface area is 218 Å². The molecule has 1 amide bonds. The number of nitrogens with two attached hydrogens (primary N) is 1. The van der Waals surface area contributed by atoms with E-state index in [1.807, 2.05) is 0 Å². The smallest absolute Gasteiger partial charge is 0.352 e. The molecule has 3 aromatic rings. The van der Waals surface area contributed by atoms with Gasteiger partial charge in [0.05, 0.1) is 28.4 Å². The topological polar surface area (TPSA) is 152 Å². The summed E-state index contributed by atoms with van der Waals surface area (Å²) in [5.74, 6) is -0.508. The molecule has 196 valence electrons. The van der Waals surface area contributed by atoms with E-state index in [-0.39, 0.29) is 22.8 Å². The van der Waals surface area contributed by atoms with Crippen LogP contribution in [0.4, 0.5) is 0 Å². The van der Waals surface area contributed by atoms with Crippen LogP contribution in [0.5, 0.6) is 0 Å². The van der Waals surface area contributed by atoms with Crippen LogP contribution in [0.15, 0.2) is 64.3 Å². The summed E-state index contributed by atoms with van der Waals surface area (Å²) in [4.78, 5) is 38.6. The number of aliphatic hydroxyl groups is 2. The maximum absolute atomic E-state index is 13.2. The molecule has 5 N–H and O–H groups in total. The molecule has 1 heterocycles. The summed E-state index contributed by atoms with van der Waals surface area (Å²) in [5.41, 5.74) is 2.06. The molecule has 1 aromatic heterocycles. The number of hydrogen-bond acceptors (Lipinski definition) is 7. The van der Waals surface area contributed by atoms with E-state index >= 15 is 0 Å². The molecule has 2 aromatic carbocycles. The van der Waals surface area contributed by atoms with Crippen LogP contribution in [0.1, 0.15) is 54.4 Å². The standard InChI is InChI=1S/C26H30ClN5O5/c27-21-11-10-19(14-20(21)23(34)29-16-25(36)12-6-1-2-7-13-25)32-24(35)31(22(33)15-30-32)17-26(28,37)18-8-4-3-5-9-18/h3-5,8-11,14-15,36-37H,1-2,6-7,12-13,16-17,28H2,(H,29,34)/t26-/m1/s1. The molecule has 0 bridgehead atoms. The van der Waals surface area contributed by atoms with Gasteiger partial charge < -0.3 is 15.5 Å². The van der Waals surface area contributed by atoms with Crippen LogP contribution in [0.25, 0.3) is 5.69 Å². The molecular formula is C26H30ClN5O5. The number of amides is 1. The minimum atomic E-state index is -1.99. The first-order valence-corrected chi connectivity index (χ1v) is 12.5. The third kappa shape index (κ3) is 6.16. The monoisotopic (exact) mass is 527 g/mol. The first-order chi connectivity index (χ1) is 17.6. The molecule has 0 aliphatic heterocycles.